The van der Waals surface area contributed by atoms with E-state index in [1.54, 1.807) is 6.07 Å². The molecule has 2 heterocycles. The summed E-state index contributed by atoms with van der Waals surface area (Å²) in [7, 11) is 0. The van der Waals surface area contributed by atoms with Gasteiger partial charge >= 0.3 is 0 Å². The number of rotatable bonds is 3. The molecule has 0 radical (unpaired) electrons. The number of nitrogens with two attached hydrogens (primary N) is 1. The number of fused-ring (bicyclic) bond motifs is 1. The van der Waals surface area contributed by atoms with E-state index in [0.717, 1.165) is 31.7 Å². The van der Waals surface area contributed by atoms with Crippen LogP contribution in [0.1, 0.15) is 29.6 Å². The molecule has 1 atom stereocenters. The average Bonchev–Trinajstić information content (AvgIpc) is 2.54. The standard InChI is InChI=1S/C16H22N2O3/c17-6-5-12-2-1-7-18(11-12)16(19)13-3-4-14-15(10-13)21-9-8-20-14/h3-4,10,12H,1-2,5-9,11,17H2. The number of carbonyl (C=O) groups excluding carboxylic acids is 1. The predicted molar refractivity (Wildman–Crippen MR) is 79.7 cm³/mol. The first-order valence-electron chi connectivity index (χ1n) is 7.67. The van der Waals surface area contributed by atoms with Crippen molar-refractivity contribution in [3.8, 4) is 11.5 Å². The zero-order valence-electron chi connectivity index (χ0n) is 12.2. The highest BCUT2D eigenvalue weighted by molar-refractivity contribution is 5.95. The summed E-state index contributed by atoms with van der Waals surface area (Å²) >= 11 is 0. The van der Waals surface area contributed by atoms with Gasteiger partial charge in [0.05, 0.1) is 0 Å². The van der Waals surface area contributed by atoms with Crippen molar-refractivity contribution >= 4 is 5.91 Å². The molecule has 1 aromatic carbocycles. The van der Waals surface area contributed by atoms with Crippen molar-refractivity contribution < 1.29 is 14.3 Å². The second-order valence-electron chi connectivity index (χ2n) is 5.70. The van der Waals surface area contributed by atoms with E-state index in [1.807, 2.05) is 17.0 Å². The summed E-state index contributed by atoms with van der Waals surface area (Å²) < 4.78 is 11.0. The number of ether oxygens (including phenoxy) is 2. The Balaban J connectivity index is 1.72. The Morgan fingerprint density at radius 1 is 1.29 bits per heavy atom. The number of nitrogens with zero attached hydrogens (tertiary/aromatic N) is 1. The Kier molecular flexibility index (Phi) is 4.29. The molecule has 114 valence electrons. The van der Waals surface area contributed by atoms with Gasteiger partial charge in [0.25, 0.3) is 5.91 Å². The minimum Gasteiger partial charge on any atom is -0.486 e. The predicted octanol–water partition coefficient (Wildman–Crippen LogP) is 1.66. The Morgan fingerprint density at radius 3 is 2.90 bits per heavy atom. The molecule has 0 spiro atoms. The van der Waals surface area contributed by atoms with E-state index in [0.29, 0.717) is 37.0 Å². The fraction of sp³-hybridized carbons (Fsp3) is 0.562. The van der Waals surface area contributed by atoms with Gasteiger partial charge in [-0.1, -0.05) is 0 Å². The lowest BCUT2D eigenvalue weighted by Gasteiger charge is -2.33. The third-order valence-corrected chi connectivity index (χ3v) is 4.17. The zero-order chi connectivity index (χ0) is 14.7. The molecule has 0 bridgehead atoms. The molecule has 0 aromatic heterocycles. The number of hydrogen-bond acceptors (Lipinski definition) is 4. The Hall–Kier alpha value is -1.75. The van der Waals surface area contributed by atoms with Gasteiger partial charge in [0.1, 0.15) is 13.2 Å². The van der Waals surface area contributed by atoms with E-state index in [9.17, 15) is 4.79 Å². The highest BCUT2D eigenvalue weighted by atomic mass is 16.6. The van der Waals surface area contributed by atoms with Crippen molar-refractivity contribution in [3.05, 3.63) is 23.8 Å². The van der Waals surface area contributed by atoms with E-state index in [2.05, 4.69) is 0 Å². The number of likely N-dealkylation sites (tertiary alicyclic amines) is 1. The van der Waals surface area contributed by atoms with E-state index in [4.69, 9.17) is 15.2 Å². The molecule has 1 unspecified atom stereocenters. The number of amides is 1. The molecule has 0 saturated carbocycles. The first-order chi connectivity index (χ1) is 10.3. The van der Waals surface area contributed by atoms with Gasteiger partial charge in [0.15, 0.2) is 11.5 Å². The molecule has 1 amide bonds. The van der Waals surface area contributed by atoms with Crippen LogP contribution in [0, 0.1) is 5.92 Å². The molecular formula is C16H22N2O3. The molecular weight excluding hydrogens is 268 g/mol. The van der Waals surface area contributed by atoms with Crippen molar-refractivity contribution in [3.63, 3.8) is 0 Å². The van der Waals surface area contributed by atoms with Gasteiger partial charge in [-0.2, -0.15) is 0 Å². The lowest BCUT2D eigenvalue weighted by atomic mass is 9.94. The Bertz CT molecular complexity index is 516. The average molecular weight is 290 g/mol. The van der Waals surface area contributed by atoms with Gasteiger partial charge in [-0.05, 0) is 49.9 Å². The number of benzene rings is 1. The fourth-order valence-corrected chi connectivity index (χ4v) is 3.08. The third kappa shape index (κ3) is 3.13. The monoisotopic (exact) mass is 290 g/mol. The lowest BCUT2D eigenvalue weighted by molar-refractivity contribution is 0.0668. The van der Waals surface area contributed by atoms with E-state index >= 15 is 0 Å². The van der Waals surface area contributed by atoms with E-state index in [-0.39, 0.29) is 5.91 Å². The van der Waals surface area contributed by atoms with Crippen molar-refractivity contribution in [2.75, 3.05) is 32.8 Å². The van der Waals surface area contributed by atoms with Gasteiger partial charge in [0.2, 0.25) is 0 Å². The van der Waals surface area contributed by atoms with Crippen LogP contribution in [0.15, 0.2) is 18.2 Å². The topological polar surface area (TPSA) is 64.8 Å². The molecule has 5 nitrogen and oxygen atoms in total. The van der Waals surface area contributed by atoms with Gasteiger partial charge in [-0.15, -0.1) is 0 Å². The Labute approximate surface area is 125 Å². The quantitative estimate of drug-likeness (QED) is 0.919. The van der Waals surface area contributed by atoms with Crippen LogP contribution in [0.25, 0.3) is 0 Å². The second kappa shape index (κ2) is 6.35. The van der Waals surface area contributed by atoms with Gasteiger partial charge in [0, 0.05) is 18.7 Å². The van der Waals surface area contributed by atoms with Crippen molar-refractivity contribution in [2.45, 2.75) is 19.3 Å². The third-order valence-electron chi connectivity index (χ3n) is 4.17. The molecule has 1 fully saturated rings. The molecule has 0 aliphatic carbocycles. The molecule has 1 aromatic rings. The van der Waals surface area contributed by atoms with E-state index < -0.39 is 0 Å². The summed E-state index contributed by atoms with van der Waals surface area (Å²) in [5, 5.41) is 0. The van der Waals surface area contributed by atoms with Gasteiger partial charge in [-0.3, -0.25) is 4.79 Å². The van der Waals surface area contributed by atoms with Crippen LogP contribution in [0.5, 0.6) is 11.5 Å². The summed E-state index contributed by atoms with van der Waals surface area (Å²) in [6.07, 6.45) is 3.22. The van der Waals surface area contributed by atoms with Crippen LogP contribution in [0.3, 0.4) is 0 Å². The summed E-state index contributed by atoms with van der Waals surface area (Å²) in [6.45, 7) is 3.43. The van der Waals surface area contributed by atoms with Gasteiger partial charge in [-0.25, -0.2) is 0 Å². The van der Waals surface area contributed by atoms with Crippen molar-refractivity contribution in [1.29, 1.82) is 0 Å². The summed E-state index contributed by atoms with van der Waals surface area (Å²) in [5.41, 5.74) is 6.31. The lowest BCUT2D eigenvalue weighted by Crippen LogP contribution is -2.40. The normalized spacial score (nSPS) is 21.2. The van der Waals surface area contributed by atoms with Crippen molar-refractivity contribution in [2.24, 2.45) is 11.7 Å². The highest BCUT2D eigenvalue weighted by Gasteiger charge is 2.25. The fourth-order valence-electron chi connectivity index (χ4n) is 3.08. The van der Waals surface area contributed by atoms with Gasteiger partial charge < -0.3 is 20.1 Å². The minimum absolute atomic E-state index is 0.0775. The maximum absolute atomic E-state index is 12.6. The molecule has 21 heavy (non-hydrogen) atoms. The van der Waals surface area contributed by atoms with Crippen LogP contribution < -0.4 is 15.2 Å². The van der Waals surface area contributed by atoms with Crippen LogP contribution in [-0.4, -0.2) is 43.7 Å². The second-order valence-corrected chi connectivity index (χ2v) is 5.70. The van der Waals surface area contributed by atoms with Crippen LogP contribution in [0.4, 0.5) is 0 Å². The molecule has 2 aliphatic heterocycles. The minimum atomic E-state index is 0.0775. The van der Waals surface area contributed by atoms with Crippen molar-refractivity contribution in [1.82, 2.24) is 4.90 Å². The maximum Gasteiger partial charge on any atom is 0.254 e. The summed E-state index contributed by atoms with van der Waals surface area (Å²) in [5.74, 6) is 2.00. The number of carbonyl (C=O) groups is 1. The summed E-state index contributed by atoms with van der Waals surface area (Å²) in [4.78, 5) is 14.6. The molecule has 3 rings (SSSR count). The smallest absolute Gasteiger partial charge is 0.254 e. The van der Waals surface area contributed by atoms with Crippen LogP contribution >= 0.6 is 0 Å². The van der Waals surface area contributed by atoms with E-state index in [1.165, 1.54) is 6.42 Å². The number of hydrogen-bond donors (Lipinski definition) is 1. The zero-order valence-corrected chi connectivity index (χ0v) is 12.2. The first-order valence-corrected chi connectivity index (χ1v) is 7.67. The van der Waals surface area contributed by atoms with Crippen LogP contribution in [-0.2, 0) is 0 Å². The largest absolute Gasteiger partial charge is 0.486 e. The van der Waals surface area contributed by atoms with Crippen LogP contribution in [0.2, 0.25) is 0 Å². The molecule has 5 heteroatoms. The molecule has 2 N–H and O–H groups in total. The molecule has 1 saturated heterocycles. The number of piperidine rings is 1. The highest BCUT2D eigenvalue weighted by Crippen LogP contribution is 2.31. The molecule has 2 aliphatic rings. The SMILES string of the molecule is NCCC1CCCN(C(=O)c2ccc3c(c2)OCCO3)C1. The first kappa shape index (κ1) is 14.2. The maximum atomic E-state index is 12.6. The Morgan fingerprint density at radius 2 is 2.10 bits per heavy atom. The summed E-state index contributed by atoms with van der Waals surface area (Å²) in [6, 6.07) is 5.44.